The van der Waals surface area contributed by atoms with Gasteiger partial charge < -0.3 is 15.2 Å². The van der Waals surface area contributed by atoms with Crippen LogP contribution in [-0.4, -0.2) is 18.2 Å². The number of carboxylic acids is 1. The van der Waals surface area contributed by atoms with E-state index in [4.69, 9.17) is 9.84 Å². The molecule has 0 heterocycles. The van der Waals surface area contributed by atoms with Crippen LogP contribution in [0.4, 0.5) is 5.69 Å². The molecule has 0 aliphatic carbocycles. The van der Waals surface area contributed by atoms with E-state index in [0.717, 1.165) is 16.8 Å². The van der Waals surface area contributed by atoms with Gasteiger partial charge in [0.2, 0.25) is 0 Å². The van der Waals surface area contributed by atoms with Crippen LogP contribution in [-0.2, 0) is 17.9 Å². The number of carbonyl (C=O) groups is 1. The Morgan fingerprint density at radius 1 is 1.10 bits per heavy atom. The summed E-state index contributed by atoms with van der Waals surface area (Å²) in [5, 5.41) is 12.4. The minimum atomic E-state index is -0.910. The lowest BCUT2D eigenvalue weighted by atomic mass is 10.1. The van der Waals surface area contributed by atoms with Gasteiger partial charge in [0.05, 0.1) is 12.2 Å². The van der Waals surface area contributed by atoms with Crippen molar-refractivity contribution in [3.63, 3.8) is 0 Å². The molecule has 0 unspecified atom stereocenters. The van der Waals surface area contributed by atoms with Crippen LogP contribution in [0.1, 0.15) is 21.5 Å². The largest absolute Gasteiger partial charge is 0.478 e. The summed E-state index contributed by atoms with van der Waals surface area (Å²) < 4.78 is 5.15. The number of methoxy groups -OCH3 is 1. The van der Waals surface area contributed by atoms with Crippen LogP contribution in [0, 0.1) is 0 Å². The molecule has 0 saturated carbocycles. The SMILES string of the molecule is COCc1ccccc1NCc1ccccc1C(=O)O. The molecular weight excluding hydrogens is 254 g/mol. The van der Waals surface area contributed by atoms with Crippen molar-refractivity contribution in [1.29, 1.82) is 0 Å². The summed E-state index contributed by atoms with van der Waals surface area (Å²) in [6, 6.07) is 14.8. The maximum Gasteiger partial charge on any atom is 0.336 e. The van der Waals surface area contributed by atoms with E-state index in [1.807, 2.05) is 36.4 Å². The van der Waals surface area contributed by atoms with Gasteiger partial charge in [-0.25, -0.2) is 4.79 Å². The maximum absolute atomic E-state index is 11.2. The molecule has 0 aliphatic heterocycles. The molecule has 4 nitrogen and oxygen atoms in total. The molecule has 4 heteroatoms. The molecule has 2 N–H and O–H groups in total. The fourth-order valence-electron chi connectivity index (χ4n) is 2.05. The van der Waals surface area contributed by atoms with E-state index in [1.54, 1.807) is 19.2 Å². The second kappa shape index (κ2) is 6.73. The van der Waals surface area contributed by atoms with E-state index < -0.39 is 5.97 Å². The first-order chi connectivity index (χ1) is 9.72. The molecule has 2 aromatic carbocycles. The fraction of sp³-hybridized carbons (Fsp3) is 0.188. The molecule has 0 aliphatic rings. The highest BCUT2D eigenvalue weighted by molar-refractivity contribution is 5.89. The maximum atomic E-state index is 11.2. The average molecular weight is 271 g/mol. The number of nitrogens with one attached hydrogen (secondary N) is 1. The summed E-state index contributed by atoms with van der Waals surface area (Å²) in [7, 11) is 1.65. The number of carboxylic acid groups (broad SMARTS) is 1. The molecule has 0 radical (unpaired) electrons. The van der Waals surface area contributed by atoms with Crippen molar-refractivity contribution >= 4 is 11.7 Å². The fourth-order valence-corrected chi connectivity index (χ4v) is 2.05. The van der Waals surface area contributed by atoms with Crippen LogP contribution in [0.2, 0.25) is 0 Å². The minimum absolute atomic E-state index is 0.323. The van der Waals surface area contributed by atoms with Crippen LogP contribution in [0.3, 0.4) is 0 Å². The van der Waals surface area contributed by atoms with Gasteiger partial charge in [-0.3, -0.25) is 0 Å². The Kier molecular flexibility index (Phi) is 4.74. The first-order valence-electron chi connectivity index (χ1n) is 6.34. The van der Waals surface area contributed by atoms with Crippen molar-refractivity contribution in [1.82, 2.24) is 0 Å². The normalized spacial score (nSPS) is 10.2. The van der Waals surface area contributed by atoms with E-state index >= 15 is 0 Å². The van der Waals surface area contributed by atoms with Crippen LogP contribution in [0.15, 0.2) is 48.5 Å². The predicted octanol–water partition coefficient (Wildman–Crippen LogP) is 3.14. The number of hydrogen-bond donors (Lipinski definition) is 2. The molecule has 2 rings (SSSR count). The van der Waals surface area contributed by atoms with Gasteiger partial charge in [0.1, 0.15) is 0 Å². The molecule has 0 atom stereocenters. The Hall–Kier alpha value is -2.33. The van der Waals surface area contributed by atoms with Crippen LogP contribution < -0.4 is 5.32 Å². The van der Waals surface area contributed by atoms with Gasteiger partial charge in [-0.2, -0.15) is 0 Å². The lowest BCUT2D eigenvalue weighted by Crippen LogP contribution is -2.08. The average Bonchev–Trinajstić information content (AvgIpc) is 2.47. The Morgan fingerprint density at radius 2 is 1.75 bits per heavy atom. The third kappa shape index (κ3) is 3.36. The summed E-state index contributed by atoms with van der Waals surface area (Å²) in [6.45, 7) is 0.979. The Morgan fingerprint density at radius 3 is 2.45 bits per heavy atom. The van der Waals surface area contributed by atoms with Gasteiger partial charge in [-0.05, 0) is 17.7 Å². The monoisotopic (exact) mass is 271 g/mol. The Bertz CT molecular complexity index is 596. The van der Waals surface area contributed by atoms with Crippen molar-refractivity contribution < 1.29 is 14.6 Å². The highest BCUT2D eigenvalue weighted by atomic mass is 16.5. The third-order valence-corrected chi connectivity index (χ3v) is 3.03. The third-order valence-electron chi connectivity index (χ3n) is 3.03. The zero-order valence-corrected chi connectivity index (χ0v) is 11.3. The van der Waals surface area contributed by atoms with Gasteiger partial charge >= 0.3 is 5.97 Å². The van der Waals surface area contributed by atoms with Crippen molar-refractivity contribution in [2.75, 3.05) is 12.4 Å². The zero-order valence-electron chi connectivity index (χ0n) is 11.3. The standard InChI is InChI=1S/C16H17NO3/c1-20-11-13-7-3-5-9-15(13)17-10-12-6-2-4-8-14(12)16(18)19/h2-9,17H,10-11H2,1H3,(H,18,19). The number of para-hydroxylation sites is 1. The zero-order chi connectivity index (χ0) is 14.4. The van der Waals surface area contributed by atoms with Crippen LogP contribution in [0.5, 0.6) is 0 Å². The molecule has 104 valence electrons. The van der Waals surface area contributed by atoms with E-state index in [-0.39, 0.29) is 0 Å². The molecule has 2 aromatic rings. The Labute approximate surface area is 118 Å². The van der Waals surface area contributed by atoms with Crippen molar-refractivity contribution in [2.45, 2.75) is 13.2 Å². The number of hydrogen-bond acceptors (Lipinski definition) is 3. The van der Waals surface area contributed by atoms with E-state index in [0.29, 0.717) is 18.7 Å². The number of aromatic carboxylic acids is 1. The van der Waals surface area contributed by atoms with Crippen LogP contribution in [0.25, 0.3) is 0 Å². The second-order valence-electron chi connectivity index (χ2n) is 4.41. The quantitative estimate of drug-likeness (QED) is 0.847. The van der Waals surface area contributed by atoms with E-state index in [2.05, 4.69) is 5.32 Å². The highest BCUT2D eigenvalue weighted by Crippen LogP contribution is 2.18. The number of anilines is 1. The lowest BCUT2D eigenvalue weighted by Gasteiger charge is -2.12. The molecule has 0 bridgehead atoms. The summed E-state index contributed by atoms with van der Waals surface area (Å²) in [5.74, 6) is -0.910. The van der Waals surface area contributed by atoms with Gasteiger partial charge in [-0.15, -0.1) is 0 Å². The van der Waals surface area contributed by atoms with Gasteiger partial charge in [0.15, 0.2) is 0 Å². The minimum Gasteiger partial charge on any atom is -0.478 e. The predicted molar refractivity (Wildman–Crippen MR) is 77.9 cm³/mol. The Balaban J connectivity index is 2.15. The van der Waals surface area contributed by atoms with Crippen LogP contribution >= 0.6 is 0 Å². The second-order valence-corrected chi connectivity index (χ2v) is 4.41. The smallest absolute Gasteiger partial charge is 0.336 e. The van der Waals surface area contributed by atoms with Crippen molar-refractivity contribution in [3.8, 4) is 0 Å². The molecule has 0 fully saturated rings. The summed E-state index contributed by atoms with van der Waals surface area (Å²) in [4.78, 5) is 11.2. The molecule has 0 spiro atoms. The lowest BCUT2D eigenvalue weighted by molar-refractivity contribution is 0.0696. The van der Waals surface area contributed by atoms with Gasteiger partial charge in [-0.1, -0.05) is 36.4 Å². The molecular formula is C16H17NO3. The first-order valence-corrected chi connectivity index (χ1v) is 6.34. The van der Waals surface area contributed by atoms with Gasteiger partial charge in [0, 0.05) is 24.9 Å². The summed E-state index contributed by atoms with van der Waals surface area (Å²) in [6.07, 6.45) is 0. The number of rotatable bonds is 6. The summed E-state index contributed by atoms with van der Waals surface area (Å²) >= 11 is 0. The summed E-state index contributed by atoms with van der Waals surface area (Å²) in [5.41, 5.74) is 3.08. The van der Waals surface area contributed by atoms with Gasteiger partial charge in [0.25, 0.3) is 0 Å². The van der Waals surface area contributed by atoms with Crippen molar-refractivity contribution in [3.05, 3.63) is 65.2 Å². The number of benzene rings is 2. The highest BCUT2D eigenvalue weighted by Gasteiger charge is 2.09. The first kappa shape index (κ1) is 14.1. The van der Waals surface area contributed by atoms with Crippen molar-refractivity contribution in [2.24, 2.45) is 0 Å². The molecule has 0 aromatic heterocycles. The van der Waals surface area contributed by atoms with E-state index in [1.165, 1.54) is 0 Å². The topological polar surface area (TPSA) is 58.6 Å². The molecule has 0 saturated heterocycles. The number of ether oxygens (including phenoxy) is 1. The molecule has 0 amide bonds. The molecule has 20 heavy (non-hydrogen) atoms. The van der Waals surface area contributed by atoms with E-state index in [9.17, 15) is 4.79 Å².